The Kier molecular flexibility index (Phi) is 55.2. The van der Waals surface area contributed by atoms with E-state index in [0.29, 0.717) is 19.3 Å². The summed E-state index contributed by atoms with van der Waals surface area (Å²) in [6.07, 6.45) is 65.9. The van der Waals surface area contributed by atoms with Crippen molar-refractivity contribution in [1.29, 1.82) is 0 Å². The van der Waals surface area contributed by atoms with Gasteiger partial charge in [0.05, 0.1) is 0 Å². The molecule has 1 atom stereocenters. The van der Waals surface area contributed by atoms with Crippen molar-refractivity contribution in [3.05, 3.63) is 12.2 Å². The van der Waals surface area contributed by atoms with Crippen molar-refractivity contribution in [3.63, 3.8) is 0 Å². The molecular weight excluding hydrogens is 829 g/mol. The smallest absolute Gasteiger partial charge is 0.306 e. The fraction of sp³-hybridized carbons (Fsp3) is 0.918. The van der Waals surface area contributed by atoms with Crippen LogP contribution in [0.4, 0.5) is 0 Å². The largest absolute Gasteiger partial charge is 0.462 e. The van der Waals surface area contributed by atoms with Crippen LogP contribution in [-0.4, -0.2) is 37.2 Å². The zero-order valence-electron chi connectivity index (χ0n) is 45.5. The number of carbonyl (C=O) groups excluding carboxylic acids is 3. The molecule has 0 aliphatic heterocycles. The zero-order valence-corrected chi connectivity index (χ0v) is 45.5. The number of esters is 3. The summed E-state index contributed by atoms with van der Waals surface area (Å²) >= 11 is 0. The average Bonchev–Trinajstić information content (AvgIpc) is 3.33. The Morgan fingerprint density at radius 3 is 0.746 bits per heavy atom. The van der Waals surface area contributed by atoms with Gasteiger partial charge in [-0.2, -0.15) is 0 Å². The highest BCUT2D eigenvalue weighted by molar-refractivity contribution is 5.71. The molecule has 0 radical (unpaired) electrons. The average molecular weight is 946 g/mol. The van der Waals surface area contributed by atoms with E-state index in [1.165, 1.54) is 238 Å². The maximum Gasteiger partial charge on any atom is 0.306 e. The second-order valence-electron chi connectivity index (χ2n) is 20.6. The standard InChI is InChI=1S/C61H116O6/c1-4-7-10-13-15-17-18-19-20-21-22-23-24-25-26-27-28-29-30-31-32-33-34-35-36-37-38-39-40-41-42-44-45-48-51-54-60(63)66-57-58(56-65-59(62)53-50-47-12-9-6-3)67-61(64)55-52-49-46-43-16-14-11-8-5-2/h21-22,58H,4-20,23-57H2,1-3H3/b22-21-. The summed E-state index contributed by atoms with van der Waals surface area (Å²) < 4.78 is 16.6. The van der Waals surface area contributed by atoms with Gasteiger partial charge in [0.25, 0.3) is 0 Å². The summed E-state index contributed by atoms with van der Waals surface area (Å²) in [7, 11) is 0. The van der Waals surface area contributed by atoms with Crippen LogP contribution in [0.2, 0.25) is 0 Å². The Morgan fingerprint density at radius 2 is 0.493 bits per heavy atom. The molecule has 0 aromatic carbocycles. The van der Waals surface area contributed by atoms with Crippen LogP contribution < -0.4 is 0 Å². The van der Waals surface area contributed by atoms with Crippen molar-refractivity contribution in [2.45, 2.75) is 348 Å². The van der Waals surface area contributed by atoms with Gasteiger partial charge in [0.1, 0.15) is 13.2 Å². The van der Waals surface area contributed by atoms with E-state index >= 15 is 0 Å². The number of carbonyl (C=O) groups is 3. The molecule has 0 aliphatic rings. The highest BCUT2D eigenvalue weighted by atomic mass is 16.6. The lowest BCUT2D eigenvalue weighted by molar-refractivity contribution is -0.167. The van der Waals surface area contributed by atoms with Gasteiger partial charge in [-0.1, -0.05) is 290 Å². The molecule has 0 aliphatic carbocycles. The molecule has 0 saturated heterocycles. The van der Waals surface area contributed by atoms with Gasteiger partial charge >= 0.3 is 17.9 Å². The third kappa shape index (κ3) is 55.0. The van der Waals surface area contributed by atoms with Crippen LogP contribution in [0.3, 0.4) is 0 Å². The summed E-state index contributed by atoms with van der Waals surface area (Å²) in [5.41, 5.74) is 0. The number of unbranched alkanes of at least 4 members (excludes halogenated alkanes) is 43. The Hall–Kier alpha value is -1.85. The van der Waals surface area contributed by atoms with Gasteiger partial charge in [-0.3, -0.25) is 14.4 Å². The summed E-state index contributed by atoms with van der Waals surface area (Å²) in [6.45, 7) is 6.57. The number of ether oxygens (including phenoxy) is 3. The van der Waals surface area contributed by atoms with Crippen LogP contribution in [-0.2, 0) is 28.6 Å². The van der Waals surface area contributed by atoms with Gasteiger partial charge in [-0.25, -0.2) is 0 Å². The van der Waals surface area contributed by atoms with Gasteiger partial charge in [0.15, 0.2) is 6.10 Å². The van der Waals surface area contributed by atoms with E-state index in [1.807, 2.05) is 0 Å². The van der Waals surface area contributed by atoms with E-state index in [-0.39, 0.29) is 31.1 Å². The van der Waals surface area contributed by atoms with E-state index in [1.54, 1.807) is 0 Å². The summed E-state index contributed by atoms with van der Waals surface area (Å²) in [5.74, 6) is -0.865. The maximum absolute atomic E-state index is 12.6. The van der Waals surface area contributed by atoms with Gasteiger partial charge in [0, 0.05) is 19.3 Å². The molecule has 0 amide bonds. The van der Waals surface area contributed by atoms with Crippen molar-refractivity contribution in [1.82, 2.24) is 0 Å². The molecule has 6 heteroatoms. The minimum atomic E-state index is -0.758. The topological polar surface area (TPSA) is 78.9 Å². The first-order valence-corrected chi connectivity index (χ1v) is 30.2. The van der Waals surface area contributed by atoms with Crippen molar-refractivity contribution >= 4 is 17.9 Å². The molecule has 67 heavy (non-hydrogen) atoms. The summed E-state index contributed by atoms with van der Waals surface area (Å²) in [4.78, 5) is 37.6. The van der Waals surface area contributed by atoms with E-state index in [0.717, 1.165) is 64.2 Å². The molecule has 0 fully saturated rings. The number of allylic oxidation sites excluding steroid dienone is 2. The molecule has 0 rings (SSSR count). The van der Waals surface area contributed by atoms with Crippen LogP contribution in [0, 0.1) is 0 Å². The van der Waals surface area contributed by atoms with Crippen molar-refractivity contribution in [2.24, 2.45) is 0 Å². The molecular formula is C61H116O6. The predicted octanol–water partition coefficient (Wildman–Crippen LogP) is 20.1. The van der Waals surface area contributed by atoms with Crippen LogP contribution in [0.15, 0.2) is 12.2 Å². The number of hydrogen-bond acceptors (Lipinski definition) is 6. The SMILES string of the molecule is CCCCCCCCCC/C=C\CCCCCCCCCCCCCCCCCCCCCCCCCC(=O)OCC(COC(=O)CCCCCCC)OC(=O)CCCCCCCCCCC. The molecule has 1 unspecified atom stereocenters. The van der Waals surface area contributed by atoms with Crippen LogP contribution in [0.5, 0.6) is 0 Å². The van der Waals surface area contributed by atoms with E-state index in [4.69, 9.17) is 14.2 Å². The van der Waals surface area contributed by atoms with Gasteiger partial charge in [0.2, 0.25) is 0 Å². The monoisotopic (exact) mass is 945 g/mol. The molecule has 0 bridgehead atoms. The lowest BCUT2D eigenvalue weighted by Gasteiger charge is -2.18. The van der Waals surface area contributed by atoms with E-state index in [9.17, 15) is 14.4 Å². The van der Waals surface area contributed by atoms with Crippen molar-refractivity contribution in [2.75, 3.05) is 13.2 Å². The highest BCUT2D eigenvalue weighted by Gasteiger charge is 2.19. The van der Waals surface area contributed by atoms with Gasteiger partial charge in [-0.15, -0.1) is 0 Å². The molecule has 6 nitrogen and oxygen atoms in total. The second-order valence-corrected chi connectivity index (χ2v) is 20.6. The highest BCUT2D eigenvalue weighted by Crippen LogP contribution is 2.18. The third-order valence-corrected chi connectivity index (χ3v) is 13.8. The molecule has 0 aromatic rings. The third-order valence-electron chi connectivity index (χ3n) is 13.8. The summed E-state index contributed by atoms with van der Waals surface area (Å²) in [6, 6.07) is 0. The molecule has 0 N–H and O–H groups in total. The van der Waals surface area contributed by atoms with Crippen molar-refractivity contribution < 1.29 is 28.6 Å². The maximum atomic E-state index is 12.6. The number of rotatable bonds is 56. The Bertz CT molecular complexity index is 1040. The first kappa shape index (κ1) is 65.1. The normalized spacial score (nSPS) is 12.0. The van der Waals surface area contributed by atoms with Crippen LogP contribution in [0.25, 0.3) is 0 Å². The molecule has 0 saturated carbocycles. The van der Waals surface area contributed by atoms with Gasteiger partial charge in [-0.05, 0) is 44.9 Å². The first-order valence-electron chi connectivity index (χ1n) is 30.2. The minimum Gasteiger partial charge on any atom is -0.462 e. The molecule has 0 aromatic heterocycles. The Balaban J connectivity index is 3.73. The first-order chi connectivity index (χ1) is 33.0. The van der Waals surface area contributed by atoms with E-state index in [2.05, 4.69) is 32.9 Å². The van der Waals surface area contributed by atoms with Crippen LogP contribution in [0.1, 0.15) is 342 Å². The molecule has 0 spiro atoms. The minimum absolute atomic E-state index is 0.0648. The Labute approximate surface area is 418 Å². The molecule has 0 heterocycles. The van der Waals surface area contributed by atoms with Crippen molar-refractivity contribution in [3.8, 4) is 0 Å². The number of hydrogen-bond donors (Lipinski definition) is 0. The van der Waals surface area contributed by atoms with Gasteiger partial charge < -0.3 is 14.2 Å². The second kappa shape index (κ2) is 56.7. The summed E-state index contributed by atoms with van der Waals surface area (Å²) in [5, 5.41) is 0. The predicted molar refractivity (Wildman–Crippen MR) is 289 cm³/mol. The lowest BCUT2D eigenvalue weighted by Crippen LogP contribution is -2.30. The lowest BCUT2D eigenvalue weighted by atomic mass is 10.0. The fourth-order valence-corrected chi connectivity index (χ4v) is 9.21. The van der Waals surface area contributed by atoms with Crippen LogP contribution >= 0.6 is 0 Å². The van der Waals surface area contributed by atoms with E-state index < -0.39 is 6.10 Å². The Morgan fingerprint density at radius 1 is 0.284 bits per heavy atom. The zero-order chi connectivity index (χ0) is 48.6. The fourth-order valence-electron chi connectivity index (χ4n) is 9.21. The molecule has 396 valence electrons. The quantitative estimate of drug-likeness (QED) is 0.0262.